The summed E-state index contributed by atoms with van der Waals surface area (Å²) in [5.41, 5.74) is 1.63. The number of benzene rings is 2. The lowest BCUT2D eigenvalue weighted by molar-refractivity contribution is -0.123. The maximum absolute atomic E-state index is 12.7. The second-order valence-electron chi connectivity index (χ2n) is 8.14. The fourth-order valence-corrected chi connectivity index (χ4v) is 3.53. The third-order valence-corrected chi connectivity index (χ3v) is 5.11. The second-order valence-corrected chi connectivity index (χ2v) is 8.14. The molecule has 1 aliphatic rings. The van der Waals surface area contributed by atoms with Crippen LogP contribution in [0.1, 0.15) is 25.5 Å². The Kier molecular flexibility index (Phi) is 7.94. The third kappa shape index (κ3) is 6.37. The number of hydrogen-bond donors (Lipinski definition) is 2. The fraction of sp³-hybridized carbons (Fsp3) is 0.417. The molecule has 0 spiro atoms. The van der Waals surface area contributed by atoms with E-state index in [-0.39, 0.29) is 36.9 Å². The van der Waals surface area contributed by atoms with E-state index >= 15 is 0 Å². The van der Waals surface area contributed by atoms with Gasteiger partial charge in [0, 0.05) is 5.69 Å². The quantitative estimate of drug-likeness (QED) is 0.622. The number of amides is 2. The van der Waals surface area contributed by atoms with Crippen LogP contribution in [0, 0.1) is 5.92 Å². The maximum atomic E-state index is 12.7. The average Bonchev–Trinajstić information content (AvgIpc) is 2.77. The summed E-state index contributed by atoms with van der Waals surface area (Å²) in [5, 5.41) is 5.90. The van der Waals surface area contributed by atoms with Gasteiger partial charge in [-0.05, 0) is 54.9 Å². The Hall–Kier alpha value is -3.26. The fourth-order valence-electron chi connectivity index (χ4n) is 3.53. The van der Waals surface area contributed by atoms with Gasteiger partial charge in [0.2, 0.25) is 11.8 Å². The molecular weight excluding hydrogens is 410 g/mol. The lowest BCUT2D eigenvalue weighted by atomic mass is 9.95. The van der Waals surface area contributed by atoms with Crippen molar-refractivity contribution in [2.45, 2.75) is 19.9 Å². The van der Waals surface area contributed by atoms with Gasteiger partial charge in [0.1, 0.15) is 19.0 Å². The van der Waals surface area contributed by atoms with Gasteiger partial charge in [0.25, 0.3) is 0 Å². The molecule has 0 aromatic heterocycles. The Morgan fingerprint density at radius 1 is 1.00 bits per heavy atom. The van der Waals surface area contributed by atoms with E-state index in [4.69, 9.17) is 14.2 Å². The second kappa shape index (κ2) is 10.9. The van der Waals surface area contributed by atoms with Gasteiger partial charge in [-0.15, -0.1) is 0 Å². The molecule has 1 heterocycles. The van der Waals surface area contributed by atoms with Crippen molar-refractivity contribution in [3.8, 4) is 17.2 Å². The Labute approximate surface area is 188 Å². The summed E-state index contributed by atoms with van der Waals surface area (Å²) in [5.74, 6) is 1.95. The van der Waals surface area contributed by atoms with Crippen molar-refractivity contribution in [1.82, 2.24) is 10.2 Å². The molecule has 0 saturated heterocycles. The number of methoxy groups -OCH3 is 1. The number of nitrogens with zero attached hydrogens (tertiary/aromatic N) is 1. The molecule has 0 unspecified atom stereocenters. The van der Waals surface area contributed by atoms with Crippen molar-refractivity contribution >= 4 is 17.5 Å². The van der Waals surface area contributed by atoms with E-state index in [9.17, 15) is 9.59 Å². The minimum absolute atomic E-state index is 0.0931. The summed E-state index contributed by atoms with van der Waals surface area (Å²) in [6.07, 6.45) is 0. The van der Waals surface area contributed by atoms with E-state index in [2.05, 4.69) is 10.6 Å². The van der Waals surface area contributed by atoms with Crippen LogP contribution in [0.5, 0.6) is 17.2 Å². The standard InChI is InChI=1S/C24H31N3O5/c1-16(2)24(17-5-10-20-21(13-17)32-12-11-31-20)26-23(29)15-27(3)14-22(28)25-18-6-8-19(30-4)9-7-18/h5-10,13,16,24H,11-12,14-15H2,1-4H3,(H,25,28)(H,26,29)/t24-/m0/s1. The highest BCUT2D eigenvalue weighted by Gasteiger charge is 2.22. The highest BCUT2D eigenvalue weighted by atomic mass is 16.6. The molecule has 2 N–H and O–H groups in total. The number of rotatable bonds is 9. The summed E-state index contributed by atoms with van der Waals surface area (Å²) in [4.78, 5) is 26.7. The number of hydrogen-bond acceptors (Lipinski definition) is 6. The smallest absolute Gasteiger partial charge is 0.238 e. The molecule has 0 fully saturated rings. The van der Waals surface area contributed by atoms with Crippen LogP contribution in [0.2, 0.25) is 0 Å². The Balaban J connectivity index is 1.53. The molecule has 2 aromatic rings. The molecule has 172 valence electrons. The van der Waals surface area contributed by atoms with Crippen LogP contribution in [0.3, 0.4) is 0 Å². The van der Waals surface area contributed by atoms with Crippen LogP contribution in [0.4, 0.5) is 5.69 Å². The molecule has 32 heavy (non-hydrogen) atoms. The molecule has 8 nitrogen and oxygen atoms in total. The largest absolute Gasteiger partial charge is 0.497 e. The summed E-state index contributed by atoms with van der Waals surface area (Å²) < 4.78 is 16.4. The van der Waals surface area contributed by atoms with Crippen LogP contribution >= 0.6 is 0 Å². The first-order valence-corrected chi connectivity index (χ1v) is 10.7. The van der Waals surface area contributed by atoms with Crippen LogP contribution in [0.25, 0.3) is 0 Å². The zero-order valence-corrected chi connectivity index (χ0v) is 19.0. The van der Waals surface area contributed by atoms with Gasteiger partial charge >= 0.3 is 0 Å². The molecule has 8 heteroatoms. The van der Waals surface area contributed by atoms with Crippen molar-refractivity contribution in [1.29, 1.82) is 0 Å². The van der Waals surface area contributed by atoms with Crippen molar-refractivity contribution in [3.63, 3.8) is 0 Å². The van der Waals surface area contributed by atoms with E-state index in [1.807, 2.05) is 32.0 Å². The van der Waals surface area contributed by atoms with E-state index in [0.717, 1.165) is 17.1 Å². The molecule has 1 aliphatic heterocycles. The Bertz CT molecular complexity index is 930. The van der Waals surface area contributed by atoms with E-state index < -0.39 is 0 Å². The van der Waals surface area contributed by atoms with Crippen LogP contribution in [-0.4, -0.2) is 57.2 Å². The van der Waals surface area contributed by atoms with E-state index in [1.165, 1.54) is 0 Å². The zero-order valence-electron chi connectivity index (χ0n) is 19.0. The van der Waals surface area contributed by atoms with Crippen molar-refractivity contribution in [3.05, 3.63) is 48.0 Å². The molecule has 1 atom stereocenters. The number of nitrogens with one attached hydrogen (secondary N) is 2. The first-order valence-electron chi connectivity index (χ1n) is 10.7. The third-order valence-electron chi connectivity index (χ3n) is 5.11. The topological polar surface area (TPSA) is 89.1 Å². The normalized spacial score (nSPS) is 13.6. The molecule has 0 saturated carbocycles. The number of ether oxygens (including phenoxy) is 3. The SMILES string of the molecule is COc1ccc(NC(=O)CN(C)CC(=O)N[C@H](c2ccc3c(c2)OCCO3)C(C)C)cc1. The molecule has 2 aromatic carbocycles. The monoisotopic (exact) mass is 441 g/mol. The number of carbonyl (C=O) groups excluding carboxylic acids is 2. The van der Waals surface area contributed by atoms with Crippen molar-refractivity contribution < 1.29 is 23.8 Å². The highest BCUT2D eigenvalue weighted by Crippen LogP contribution is 2.34. The van der Waals surface area contributed by atoms with Crippen LogP contribution in [-0.2, 0) is 9.59 Å². The summed E-state index contributed by atoms with van der Waals surface area (Å²) in [6, 6.07) is 12.7. The summed E-state index contributed by atoms with van der Waals surface area (Å²) in [6.45, 7) is 5.34. The first-order chi connectivity index (χ1) is 15.4. The molecular formula is C24H31N3O5. The minimum atomic E-state index is -0.197. The minimum Gasteiger partial charge on any atom is -0.497 e. The van der Waals surface area contributed by atoms with Gasteiger partial charge in [0.05, 0.1) is 26.2 Å². The number of carbonyl (C=O) groups is 2. The van der Waals surface area contributed by atoms with Gasteiger partial charge < -0.3 is 24.8 Å². The van der Waals surface area contributed by atoms with E-state index in [0.29, 0.717) is 24.7 Å². The molecule has 2 amide bonds. The lowest BCUT2D eigenvalue weighted by Crippen LogP contribution is -2.41. The van der Waals surface area contributed by atoms with Crippen molar-refractivity contribution in [2.75, 3.05) is 45.8 Å². The predicted molar refractivity (Wildman–Crippen MR) is 122 cm³/mol. The van der Waals surface area contributed by atoms with Gasteiger partial charge in [0.15, 0.2) is 11.5 Å². The molecule has 0 bridgehead atoms. The molecule has 0 radical (unpaired) electrons. The molecule has 0 aliphatic carbocycles. The van der Waals surface area contributed by atoms with Gasteiger partial charge in [-0.3, -0.25) is 14.5 Å². The summed E-state index contributed by atoms with van der Waals surface area (Å²) >= 11 is 0. The highest BCUT2D eigenvalue weighted by molar-refractivity contribution is 5.92. The number of likely N-dealkylation sites (N-methyl/N-ethyl adjacent to an activating group) is 1. The Morgan fingerprint density at radius 3 is 2.31 bits per heavy atom. The number of fused-ring (bicyclic) bond motifs is 1. The van der Waals surface area contributed by atoms with Gasteiger partial charge in [-0.2, -0.15) is 0 Å². The van der Waals surface area contributed by atoms with Crippen LogP contribution in [0.15, 0.2) is 42.5 Å². The van der Waals surface area contributed by atoms with Gasteiger partial charge in [-0.1, -0.05) is 19.9 Å². The zero-order chi connectivity index (χ0) is 23.1. The van der Waals surface area contributed by atoms with Crippen LogP contribution < -0.4 is 24.8 Å². The average molecular weight is 442 g/mol. The maximum Gasteiger partial charge on any atom is 0.238 e. The number of anilines is 1. The lowest BCUT2D eigenvalue weighted by Gasteiger charge is -2.26. The van der Waals surface area contributed by atoms with Gasteiger partial charge in [-0.25, -0.2) is 0 Å². The predicted octanol–water partition coefficient (Wildman–Crippen LogP) is 2.85. The molecule has 3 rings (SSSR count). The van der Waals surface area contributed by atoms with Crippen molar-refractivity contribution in [2.24, 2.45) is 5.92 Å². The summed E-state index contributed by atoms with van der Waals surface area (Å²) in [7, 11) is 3.33. The Morgan fingerprint density at radius 2 is 1.66 bits per heavy atom. The van der Waals surface area contributed by atoms with E-state index in [1.54, 1.807) is 43.3 Å². The first kappa shape index (κ1) is 23.4.